The molecular weight excluding hydrogens is 252 g/mol. The van der Waals surface area contributed by atoms with Crippen LogP contribution in [0.25, 0.3) is 0 Å². The summed E-state index contributed by atoms with van der Waals surface area (Å²) < 4.78 is 5.55. The fraction of sp³-hybridized carbons (Fsp3) is 0.118. The first-order valence-corrected chi connectivity index (χ1v) is 6.32. The van der Waals surface area contributed by atoms with Gasteiger partial charge in [-0.2, -0.15) is 0 Å². The van der Waals surface area contributed by atoms with Crippen LogP contribution in [0.15, 0.2) is 66.7 Å². The van der Waals surface area contributed by atoms with Gasteiger partial charge in [-0.15, -0.1) is 0 Å². The summed E-state index contributed by atoms with van der Waals surface area (Å²) in [5, 5.41) is 8.78. The Balaban J connectivity index is 2.10. The smallest absolute Gasteiger partial charge is 0.334 e. The second kappa shape index (κ2) is 6.57. The summed E-state index contributed by atoms with van der Waals surface area (Å²) in [7, 11) is 0. The van der Waals surface area contributed by atoms with Crippen molar-refractivity contribution in [3.05, 3.63) is 77.9 Å². The van der Waals surface area contributed by atoms with Crippen molar-refractivity contribution in [1.29, 1.82) is 0 Å². The van der Waals surface area contributed by atoms with Crippen LogP contribution in [-0.4, -0.2) is 17.7 Å². The first-order valence-electron chi connectivity index (χ1n) is 6.32. The average molecular weight is 268 g/mol. The maximum absolute atomic E-state index is 10.7. The molecule has 2 aromatic rings. The zero-order valence-electron chi connectivity index (χ0n) is 11.1. The molecule has 0 saturated carbocycles. The normalized spacial score (nSPS) is 10.0. The number of carboxylic acids is 1. The van der Waals surface area contributed by atoms with Crippen molar-refractivity contribution >= 4 is 5.97 Å². The lowest BCUT2D eigenvalue weighted by atomic mass is 10.0. The molecule has 0 heterocycles. The molecule has 0 atom stereocenters. The molecule has 3 nitrogen and oxygen atoms in total. The Kier molecular flexibility index (Phi) is 4.56. The molecular formula is C17H16O3. The molecule has 3 heteroatoms. The number of carbonyl (C=O) groups is 1. The maximum Gasteiger partial charge on any atom is 0.334 e. The molecule has 0 spiro atoms. The van der Waals surface area contributed by atoms with Crippen LogP contribution in [0.2, 0.25) is 0 Å². The lowest BCUT2D eigenvalue weighted by molar-refractivity contribution is -0.133. The Morgan fingerprint density at radius 1 is 1.05 bits per heavy atom. The van der Waals surface area contributed by atoms with E-state index in [1.165, 1.54) is 5.56 Å². The number of carboxylic acid groups (broad SMARTS) is 1. The van der Waals surface area contributed by atoms with E-state index < -0.39 is 5.97 Å². The van der Waals surface area contributed by atoms with E-state index in [4.69, 9.17) is 9.84 Å². The van der Waals surface area contributed by atoms with Gasteiger partial charge >= 0.3 is 5.97 Å². The van der Waals surface area contributed by atoms with Gasteiger partial charge in [-0.25, -0.2) is 4.79 Å². The number of rotatable bonds is 6. The zero-order valence-corrected chi connectivity index (χ0v) is 11.1. The zero-order chi connectivity index (χ0) is 14.4. The predicted molar refractivity (Wildman–Crippen MR) is 78.0 cm³/mol. The van der Waals surface area contributed by atoms with E-state index in [2.05, 4.69) is 6.58 Å². The molecule has 0 fully saturated rings. The van der Waals surface area contributed by atoms with Gasteiger partial charge in [-0.05, 0) is 17.2 Å². The Morgan fingerprint density at radius 2 is 1.70 bits per heavy atom. The molecule has 0 radical (unpaired) electrons. The minimum atomic E-state index is -1.04. The number of ether oxygens (including phenoxy) is 1. The molecule has 0 saturated heterocycles. The molecule has 0 bridgehead atoms. The third-order valence-corrected chi connectivity index (χ3v) is 2.91. The second-order valence-electron chi connectivity index (χ2n) is 4.47. The van der Waals surface area contributed by atoms with Gasteiger partial charge in [0.15, 0.2) is 0 Å². The van der Waals surface area contributed by atoms with Crippen LogP contribution in [-0.2, 0) is 11.2 Å². The summed E-state index contributed by atoms with van der Waals surface area (Å²) in [6.07, 6.45) is 0.747. The highest BCUT2D eigenvalue weighted by atomic mass is 16.5. The standard InChI is InChI=1S/C17H16O3/c1-13(17(18)19)12-20-16-10-6-5-9-15(16)11-14-7-3-2-4-8-14/h2-10H,1,11-12H2,(H,18,19). The van der Waals surface area contributed by atoms with E-state index in [0.29, 0.717) is 5.75 Å². The van der Waals surface area contributed by atoms with Crippen molar-refractivity contribution in [2.75, 3.05) is 6.61 Å². The number of hydrogen-bond donors (Lipinski definition) is 1. The Morgan fingerprint density at radius 3 is 2.40 bits per heavy atom. The van der Waals surface area contributed by atoms with E-state index in [1.54, 1.807) is 0 Å². The molecule has 0 aliphatic rings. The van der Waals surface area contributed by atoms with Gasteiger partial charge in [-0.3, -0.25) is 0 Å². The minimum Gasteiger partial charge on any atom is -0.488 e. The summed E-state index contributed by atoms with van der Waals surface area (Å²) in [4.78, 5) is 10.7. The molecule has 2 rings (SSSR count). The van der Waals surface area contributed by atoms with Crippen LogP contribution in [0.5, 0.6) is 5.75 Å². The van der Waals surface area contributed by atoms with Crippen molar-refractivity contribution in [3.8, 4) is 5.75 Å². The van der Waals surface area contributed by atoms with Gasteiger partial charge < -0.3 is 9.84 Å². The molecule has 0 aliphatic heterocycles. The van der Waals surface area contributed by atoms with Crippen LogP contribution in [0.3, 0.4) is 0 Å². The Bertz CT molecular complexity index is 603. The summed E-state index contributed by atoms with van der Waals surface area (Å²) in [6, 6.07) is 17.7. The highest BCUT2D eigenvalue weighted by molar-refractivity contribution is 5.86. The van der Waals surface area contributed by atoms with E-state index in [9.17, 15) is 4.79 Å². The molecule has 102 valence electrons. The van der Waals surface area contributed by atoms with Crippen molar-refractivity contribution < 1.29 is 14.6 Å². The van der Waals surface area contributed by atoms with Crippen LogP contribution in [0.4, 0.5) is 0 Å². The lowest BCUT2D eigenvalue weighted by Crippen LogP contribution is -2.09. The summed E-state index contributed by atoms with van der Waals surface area (Å²) >= 11 is 0. The molecule has 1 N–H and O–H groups in total. The number of benzene rings is 2. The summed E-state index contributed by atoms with van der Waals surface area (Å²) in [5.41, 5.74) is 2.25. The van der Waals surface area contributed by atoms with Gasteiger partial charge in [0, 0.05) is 6.42 Å². The van der Waals surface area contributed by atoms with Gasteiger partial charge in [0.05, 0.1) is 5.57 Å². The van der Waals surface area contributed by atoms with Crippen LogP contribution in [0.1, 0.15) is 11.1 Å². The Hall–Kier alpha value is -2.55. The quantitative estimate of drug-likeness (QED) is 0.818. The third kappa shape index (κ3) is 3.72. The van der Waals surface area contributed by atoms with Gasteiger partial charge in [0.1, 0.15) is 12.4 Å². The van der Waals surface area contributed by atoms with Crippen LogP contribution >= 0.6 is 0 Å². The number of para-hydroxylation sites is 1. The van der Waals surface area contributed by atoms with Gasteiger partial charge in [0.2, 0.25) is 0 Å². The van der Waals surface area contributed by atoms with Crippen LogP contribution < -0.4 is 4.74 Å². The highest BCUT2D eigenvalue weighted by Gasteiger charge is 2.08. The molecule has 0 amide bonds. The van der Waals surface area contributed by atoms with E-state index in [1.807, 2.05) is 54.6 Å². The molecule has 2 aromatic carbocycles. The molecule has 0 unspecified atom stereocenters. The first kappa shape index (κ1) is 13.9. The van der Waals surface area contributed by atoms with E-state index in [0.717, 1.165) is 12.0 Å². The monoisotopic (exact) mass is 268 g/mol. The van der Waals surface area contributed by atoms with Crippen molar-refractivity contribution in [3.63, 3.8) is 0 Å². The first-order chi connectivity index (χ1) is 9.66. The topological polar surface area (TPSA) is 46.5 Å². The third-order valence-electron chi connectivity index (χ3n) is 2.91. The summed E-state index contributed by atoms with van der Waals surface area (Å²) in [5.74, 6) is -0.343. The SMILES string of the molecule is C=C(COc1ccccc1Cc1ccccc1)C(=O)O. The van der Waals surface area contributed by atoms with Gasteiger partial charge in [-0.1, -0.05) is 55.1 Å². The molecule has 0 aliphatic carbocycles. The largest absolute Gasteiger partial charge is 0.488 e. The van der Waals surface area contributed by atoms with E-state index in [-0.39, 0.29) is 12.2 Å². The molecule has 0 aromatic heterocycles. The van der Waals surface area contributed by atoms with Crippen LogP contribution in [0, 0.1) is 0 Å². The fourth-order valence-electron chi connectivity index (χ4n) is 1.83. The van der Waals surface area contributed by atoms with Crippen molar-refractivity contribution in [1.82, 2.24) is 0 Å². The number of aliphatic carboxylic acids is 1. The van der Waals surface area contributed by atoms with Gasteiger partial charge in [0.25, 0.3) is 0 Å². The van der Waals surface area contributed by atoms with E-state index >= 15 is 0 Å². The minimum absolute atomic E-state index is 0.0128. The Labute approximate surface area is 118 Å². The average Bonchev–Trinajstić information content (AvgIpc) is 2.47. The maximum atomic E-state index is 10.7. The fourth-order valence-corrected chi connectivity index (χ4v) is 1.83. The predicted octanol–water partition coefficient (Wildman–Crippen LogP) is 3.30. The van der Waals surface area contributed by atoms with Crippen molar-refractivity contribution in [2.24, 2.45) is 0 Å². The summed E-state index contributed by atoms with van der Waals surface area (Å²) in [6.45, 7) is 3.45. The highest BCUT2D eigenvalue weighted by Crippen LogP contribution is 2.21. The molecule has 20 heavy (non-hydrogen) atoms. The lowest BCUT2D eigenvalue weighted by Gasteiger charge is -2.11. The number of hydrogen-bond acceptors (Lipinski definition) is 2. The second-order valence-corrected chi connectivity index (χ2v) is 4.47. The van der Waals surface area contributed by atoms with Crippen molar-refractivity contribution in [2.45, 2.75) is 6.42 Å².